The van der Waals surface area contributed by atoms with E-state index >= 15 is 0 Å². The Morgan fingerprint density at radius 2 is 2.10 bits per heavy atom. The minimum atomic E-state index is -4.17. The zero-order chi connectivity index (χ0) is 14.4. The van der Waals surface area contributed by atoms with Gasteiger partial charge in [0.25, 0.3) is 0 Å². The molecule has 112 valence electrons. The van der Waals surface area contributed by atoms with Crippen LogP contribution in [0.1, 0.15) is 25.0 Å². The van der Waals surface area contributed by atoms with Gasteiger partial charge in [-0.3, -0.25) is 9.88 Å². The van der Waals surface area contributed by atoms with Crippen LogP contribution in [0.15, 0.2) is 24.4 Å². The Labute approximate surface area is 117 Å². The molecule has 20 heavy (non-hydrogen) atoms. The van der Waals surface area contributed by atoms with Gasteiger partial charge in [0.2, 0.25) is 0 Å². The molecule has 0 spiro atoms. The molecule has 0 radical (unpaired) electrons. The Balaban J connectivity index is 2.07. The molecule has 0 unspecified atom stereocenters. The van der Waals surface area contributed by atoms with Gasteiger partial charge in [0.05, 0.1) is 12.2 Å². The molecule has 1 atom stereocenters. The Morgan fingerprint density at radius 3 is 2.80 bits per heavy atom. The standard InChI is InChI=1S/C14H20F3N3/c15-14(16,17)11-20(10-12-4-1-2-8-19-12)13-5-3-7-18-9-6-13/h1-2,4,8,13,18H,3,5-7,9-11H2/t13-/m0/s1. The molecule has 0 amide bonds. The second-order valence-corrected chi connectivity index (χ2v) is 5.18. The molecule has 0 saturated carbocycles. The first-order chi connectivity index (χ1) is 9.54. The monoisotopic (exact) mass is 287 g/mol. The molecule has 0 bridgehead atoms. The van der Waals surface area contributed by atoms with Crippen LogP contribution in [0.2, 0.25) is 0 Å². The molecule has 1 saturated heterocycles. The minimum absolute atomic E-state index is 0.0337. The van der Waals surface area contributed by atoms with Crippen LogP contribution in [0.3, 0.4) is 0 Å². The first-order valence-corrected chi connectivity index (χ1v) is 6.96. The summed E-state index contributed by atoms with van der Waals surface area (Å²) in [5.41, 5.74) is 0.689. The molecular weight excluding hydrogens is 267 g/mol. The van der Waals surface area contributed by atoms with Crippen LogP contribution in [-0.4, -0.2) is 41.7 Å². The quantitative estimate of drug-likeness (QED) is 0.922. The molecule has 6 heteroatoms. The molecular formula is C14H20F3N3. The van der Waals surface area contributed by atoms with E-state index in [-0.39, 0.29) is 12.6 Å². The predicted octanol–water partition coefficient (Wildman–Crippen LogP) is 2.59. The van der Waals surface area contributed by atoms with E-state index in [0.29, 0.717) is 5.69 Å². The molecule has 1 N–H and O–H groups in total. The first-order valence-electron chi connectivity index (χ1n) is 6.96. The van der Waals surface area contributed by atoms with Crippen LogP contribution in [0, 0.1) is 0 Å². The summed E-state index contributed by atoms with van der Waals surface area (Å²) in [6.45, 7) is 1.06. The molecule has 2 heterocycles. The number of halogens is 3. The smallest absolute Gasteiger partial charge is 0.317 e. The highest BCUT2D eigenvalue weighted by atomic mass is 19.4. The van der Waals surface area contributed by atoms with E-state index in [1.54, 1.807) is 18.3 Å². The molecule has 2 rings (SSSR count). The Kier molecular flexibility index (Phi) is 5.37. The number of hydrogen-bond donors (Lipinski definition) is 1. The van der Waals surface area contributed by atoms with Crippen molar-refractivity contribution >= 4 is 0 Å². The number of alkyl halides is 3. The maximum absolute atomic E-state index is 12.8. The normalized spacial score (nSPS) is 20.9. The minimum Gasteiger partial charge on any atom is -0.317 e. The lowest BCUT2D eigenvalue weighted by Crippen LogP contribution is -2.41. The molecule has 3 nitrogen and oxygen atoms in total. The van der Waals surface area contributed by atoms with E-state index in [1.807, 2.05) is 6.07 Å². The third-order valence-electron chi connectivity index (χ3n) is 3.54. The van der Waals surface area contributed by atoms with Crippen molar-refractivity contribution in [2.75, 3.05) is 19.6 Å². The van der Waals surface area contributed by atoms with E-state index in [2.05, 4.69) is 10.3 Å². The molecule has 0 aromatic carbocycles. The fourth-order valence-corrected chi connectivity index (χ4v) is 2.61. The number of pyridine rings is 1. The van der Waals surface area contributed by atoms with Crippen molar-refractivity contribution in [3.05, 3.63) is 30.1 Å². The topological polar surface area (TPSA) is 28.2 Å². The van der Waals surface area contributed by atoms with Crippen LogP contribution in [0.5, 0.6) is 0 Å². The van der Waals surface area contributed by atoms with Gasteiger partial charge >= 0.3 is 6.18 Å². The van der Waals surface area contributed by atoms with Crippen LogP contribution in [0.25, 0.3) is 0 Å². The predicted molar refractivity (Wildman–Crippen MR) is 71.2 cm³/mol. The van der Waals surface area contributed by atoms with Crippen molar-refractivity contribution in [1.82, 2.24) is 15.2 Å². The lowest BCUT2D eigenvalue weighted by molar-refractivity contribution is -0.153. The fraction of sp³-hybridized carbons (Fsp3) is 0.643. The highest BCUT2D eigenvalue weighted by Crippen LogP contribution is 2.23. The van der Waals surface area contributed by atoms with Gasteiger partial charge in [0.1, 0.15) is 0 Å². The summed E-state index contributed by atoms with van der Waals surface area (Å²) in [5.74, 6) is 0. The zero-order valence-electron chi connectivity index (χ0n) is 11.4. The van der Waals surface area contributed by atoms with Crippen molar-refractivity contribution in [2.24, 2.45) is 0 Å². The lowest BCUT2D eigenvalue weighted by atomic mass is 10.1. The van der Waals surface area contributed by atoms with E-state index < -0.39 is 12.7 Å². The van der Waals surface area contributed by atoms with Crippen LogP contribution >= 0.6 is 0 Å². The SMILES string of the molecule is FC(F)(F)CN(Cc1ccccn1)[C@H]1CCCNCC1. The lowest BCUT2D eigenvalue weighted by Gasteiger charge is -2.31. The second kappa shape index (κ2) is 7.04. The van der Waals surface area contributed by atoms with Gasteiger partial charge in [-0.2, -0.15) is 13.2 Å². The molecule has 1 fully saturated rings. The Bertz CT molecular complexity index is 386. The number of nitrogens with zero attached hydrogens (tertiary/aromatic N) is 2. The number of aromatic nitrogens is 1. The summed E-state index contributed by atoms with van der Waals surface area (Å²) in [6, 6.07) is 5.32. The van der Waals surface area contributed by atoms with E-state index in [1.165, 1.54) is 4.90 Å². The second-order valence-electron chi connectivity index (χ2n) is 5.18. The van der Waals surface area contributed by atoms with Crippen molar-refractivity contribution in [2.45, 2.75) is 38.0 Å². The Morgan fingerprint density at radius 1 is 1.25 bits per heavy atom. The van der Waals surface area contributed by atoms with Gasteiger partial charge in [0.15, 0.2) is 0 Å². The van der Waals surface area contributed by atoms with Crippen LogP contribution < -0.4 is 5.32 Å². The van der Waals surface area contributed by atoms with Gasteiger partial charge in [-0.05, 0) is 44.5 Å². The first kappa shape index (κ1) is 15.3. The summed E-state index contributed by atoms with van der Waals surface area (Å²) in [4.78, 5) is 5.67. The molecule has 1 aliphatic heterocycles. The van der Waals surface area contributed by atoms with Crippen LogP contribution in [-0.2, 0) is 6.54 Å². The van der Waals surface area contributed by atoms with E-state index in [0.717, 1.165) is 32.4 Å². The van der Waals surface area contributed by atoms with Crippen molar-refractivity contribution in [1.29, 1.82) is 0 Å². The van der Waals surface area contributed by atoms with Gasteiger partial charge in [-0.25, -0.2) is 0 Å². The maximum Gasteiger partial charge on any atom is 0.401 e. The average molecular weight is 287 g/mol. The van der Waals surface area contributed by atoms with Gasteiger partial charge in [-0.1, -0.05) is 6.07 Å². The van der Waals surface area contributed by atoms with E-state index in [9.17, 15) is 13.2 Å². The summed E-state index contributed by atoms with van der Waals surface area (Å²) in [5, 5.41) is 3.24. The summed E-state index contributed by atoms with van der Waals surface area (Å²) >= 11 is 0. The summed E-state index contributed by atoms with van der Waals surface area (Å²) < 4.78 is 38.4. The molecule has 0 aliphatic carbocycles. The van der Waals surface area contributed by atoms with Crippen LogP contribution in [0.4, 0.5) is 13.2 Å². The van der Waals surface area contributed by atoms with Gasteiger partial charge < -0.3 is 5.32 Å². The maximum atomic E-state index is 12.8. The summed E-state index contributed by atoms with van der Waals surface area (Å²) in [6.07, 6.45) is -0.0790. The number of nitrogens with one attached hydrogen (secondary N) is 1. The van der Waals surface area contributed by atoms with Gasteiger partial charge in [0, 0.05) is 18.8 Å². The number of rotatable bonds is 4. The number of hydrogen-bond acceptors (Lipinski definition) is 3. The van der Waals surface area contributed by atoms with Crippen molar-refractivity contribution in [3.8, 4) is 0 Å². The third kappa shape index (κ3) is 5.09. The largest absolute Gasteiger partial charge is 0.401 e. The summed E-state index contributed by atoms with van der Waals surface area (Å²) in [7, 11) is 0. The third-order valence-corrected chi connectivity index (χ3v) is 3.54. The van der Waals surface area contributed by atoms with Crippen molar-refractivity contribution < 1.29 is 13.2 Å². The van der Waals surface area contributed by atoms with Gasteiger partial charge in [-0.15, -0.1) is 0 Å². The zero-order valence-corrected chi connectivity index (χ0v) is 11.4. The average Bonchev–Trinajstić information content (AvgIpc) is 2.66. The fourth-order valence-electron chi connectivity index (χ4n) is 2.61. The highest BCUT2D eigenvalue weighted by Gasteiger charge is 2.34. The Hall–Kier alpha value is -1.14. The van der Waals surface area contributed by atoms with E-state index in [4.69, 9.17) is 0 Å². The molecule has 1 aromatic heterocycles. The van der Waals surface area contributed by atoms with Crippen molar-refractivity contribution in [3.63, 3.8) is 0 Å². The highest BCUT2D eigenvalue weighted by molar-refractivity contribution is 5.03. The molecule has 1 aliphatic rings. The molecule has 1 aromatic rings.